The van der Waals surface area contributed by atoms with Crippen LogP contribution in [0.2, 0.25) is 0 Å². The van der Waals surface area contributed by atoms with Crippen LogP contribution in [0.1, 0.15) is 11.1 Å². The molecule has 1 amide bonds. The van der Waals surface area contributed by atoms with Gasteiger partial charge in [-0.05, 0) is 40.6 Å². The smallest absolute Gasteiger partial charge is 0.260 e. The predicted molar refractivity (Wildman–Crippen MR) is 132 cm³/mol. The van der Waals surface area contributed by atoms with Gasteiger partial charge >= 0.3 is 0 Å². The first-order valence-electron chi connectivity index (χ1n) is 10.6. The van der Waals surface area contributed by atoms with Crippen molar-refractivity contribution in [1.29, 1.82) is 0 Å². The molecule has 0 bridgehead atoms. The van der Waals surface area contributed by atoms with E-state index in [0.29, 0.717) is 22.9 Å². The van der Waals surface area contributed by atoms with E-state index in [1.165, 1.54) is 17.8 Å². The molecule has 0 aromatic heterocycles. The first kappa shape index (κ1) is 21.1. The molecule has 0 radical (unpaired) electrons. The van der Waals surface area contributed by atoms with Crippen LogP contribution in [-0.2, 0) is 11.4 Å². The van der Waals surface area contributed by atoms with E-state index in [9.17, 15) is 9.18 Å². The molecule has 1 aliphatic rings. The maximum Gasteiger partial charge on any atom is 0.260 e. The first-order chi connectivity index (χ1) is 16.2. The summed E-state index contributed by atoms with van der Waals surface area (Å²) in [6.45, 7) is 0.423. The van der Waals surface area contributed by atoms with Crippen molar-refractivity contribution in [2.75, 3.05) is 5.32 Å². The van der Waals surface area contributed by atoms with Crippen molar-refractivity contribution in [3.63, 3.8) is 0 Å². The van der Waals surface area contributed by atoms with Gasteiger partial charge in [0, 0.05) is 5.56 Å². The second-order valence-corrected chi connectivity index (χ2v) is 8.72. The van der Waals surface area contributed by atoms with Crippen LogP contribution in [0.25, 0.3) is 16.8 Å². The van der Waals surface area contributed by atoms with Crippen LogP contribution in [0.4, 0.5) is 10.1 Å². The van der Waals surface area contributed by atoms with Gasteiger partial charge in [0.05, 0.1) is 10.6 Å². The van der Waals surface area contributed by atoms with Crippen molar-refractivity contribution in [2.45, 2.75) is 12.1 Å². The van der Waals surface area contributed by atoms with E-state index in [1.54, 1.807) is 18.2 Å². The molecule has 1 atom stereocenters. The molecule has 33 heavy (non-hydrogen) atoms. The molecule has 5 rings (SSSR count). The Balaban J connectivity index is 1.45. The second-order valence-electron chi connectivity index (χ2n) is 7.58. The molecule has 4 aromatic rings. The topological polar surface area (TPSA) is 50.4 Å². The SMILES string of the molecule is O=C1NC(Nc2ccccc2F)S/C1=C\c1c(OCc2ccccc2)ccc2ccccc12. The van der Waals surface area contributed by atoms with Crippen molar-refractivity contribution in [3.05, 3.63) is 113 Å². The third kappa shape index (κ3) is 4.71. The highest BCUT2D eigenvalue weighted by Gasteiger charge is 2.28. The Bertz CT molecular complexity index is 1340. The van der Waals surface area contributed by atoms with Crippen molar-refractivity contribution < 1.29 is 13.9 Å². The molecule has 2 N–H and O–H groups in total. The Hall–Kier alpha value is -3.77. The minimum atomic E-state index is -0.468. The van der Waals surface area contributed by atoms with Gasteiger partial charge in [-0.3, -0.25) is 4.79 Å². The van der Waals surface area contributed by atoms with E-state index >= 15 is 0 Å². The van der Waals surface area contributed by atoms with Crippen molar-refractivity contribution in [2.24, 2.45) is 0 Å². The molecule has 1 fully saturated rings. The molecule has 1 heterocycles. The summed E-state index contributed by atoms with van der Waals surface area (Å²) in [5.41, 5.74) is 1.78. The summed E-state index contributed by atoms with van der Waals surface area (Å²) in [6, 6.07) is 28.3. The molecule has 1 saturated heterocycles. The third-order valence-corrected chi connectivity index (χ3v) is 6.36. The number of anilines is 1. The van der Waals surface area contributed by atoms with Gasteiger partial charge in [-0.15, -0.1) is 0 Å². The quantitative estimate of drug-likeness (QED) is 0.341. The average molecular weight is 457 g/mol. The van der Waals surface area contributed by atoms with Gasteiger partial charge in [-0.2, -0.15) is 0 Å². The fourth-order valence-electron chi connectivity index (χ4n) is 3.70. The summed E-state index contributed by atoms with van der Waals surface area (Å²) in [7, 11) is 0. The predicted octanol–water partition coefficient (Wildman–Crippen LogP) is 6.16. The standard InChI is InChI=1S/C27H21FN2O2S/c28-22-12-6-7-13-23(22)29-27-30-26(31)25(33-27)16-21-20-11-5-4-10-19(20)14-15-24(21)32-17-18-8-2-1-3-9-18/h1-16,27,29H,17H2,(H,30,31)/b25-16-. The van der Waals surface area contributed by atoms with E-state index in [2.05, 4.69) is 10.6 Å². The first-order valence-corrected chi connectivity index (χ1v) is 11.4. The summed E-state index contributed by atoms with van der Waals surface area (Å²) >= 11 is 1.32. The number of thioether (sulfide) groups is 1. The van der Waals surface area contributed by atoms with Crippen molar-refractivity contribution >= 4 is 40.2 Å². The lowest BCUT2D eigenvalue weighted by Crippen LogP contribution is -2.31. The zero-order valence-corrected chi connectivity index (χ0v) is 18.4. The lowest BCUT2D eigenvalue weighted by Gasteiger charge is -2.13. The number of ether oxygens (including phenoxy) is 1. The Kier molecular flexibility index (Phi) is 6.00. The monoisotopic (exact) mass is 456 g/mol. The van der Waals surface area contributed by atoms with Crippen LogP contribution in [0.5, 0.6) is 5.75 Å². The maximum absolute atomic E-state index is 14.0. The van der Waals surface area contributed by atoms with Crippen LogP contribution in [0, 0.1) is 5.82 Å². The van der Waals surface area contributed by atoms with Crippen LogP contribution in [0.15, 0.2) is 95.9 Å². The molecule has 4 nitrogen and oxygen atoms in total. The summed E-state index contributed by atoms with van der Waals surface area (Å²) in [6.07, 6.45) is 1.85. The zero-order valence-electron chi connectivity index (χ0n) is 17.6. The van der Waals surface area contributed by atoms with Crippen LogP contribution < -0.4 is 15.4 Å². The fourth-order valence-corrected chi connectivity index (χ4v) is 4.66. The molecule has 0 aliphatic carbocycles. The van der Waals surface area contributed by atoms with Gasteiger partial charge < -0.3 is 15.4 Å². The highest BCUT2D eigenvalue weighted by Crippen LogP contribution is 2.36. The Morgan fingerprint density at radius 3 is 2.55 bits per heavy atom. The fraction of sp³-hybridized carbons (Fsp3) is 0.0741. The molecule has 1 aliphatic heterocycles. The number of fused-ring (bicyclic) bond motifs is 1. The molecule has 0 saturated carbocycles. The molecule has 6 heteroatoms. The number of nitrogens with one attached hydrogen (secondary N) is 2. The van der Waals surface area contributed by atoms with Crippen molar-refractivity contribution in [1.82, 2.24) is 5.32 Å². The molecule has 4 aromatic carbocycles. The molecule has 0 spiro atoms. The summed E-state index contributed by atoms with van der Waals surface area (Å²) < 4.78 is 20.2. The number of hydrogen-bond donors (Lipinski definition) is 2. The van der Waals surface area contributed by atoms with E-state index in [4.69, 9.17) is 4.74 Å². The van der Waals surface area contributed by atoms with Crippen LogP contribution >= 0.6 is 11.8 Å². The minimum Gasteiger partial charge on any atom is -0.488 e. The number of rotatable bonds is 6. The lowest BCUT2D eigenvalue weighted by atomic mass is 10.0. The average Bonchev–Trinajstić information content (AvgIpc) is 3.19. The lowest BCUT2D eigenvalue weighted by molar-refractivity contribution is -0.116. The summed E-state index contributed by atoms with van der Waals surface area (Å²) in [4.78, 5) is 13.2. The largest absolute Gasteiger partial charge is 0.488 e. The molecular weight excluding hydrogens is 435 g/mol. The Labute approximate surface area is 195 Å². The number of carbonyl (C=O) groups excluding carboxylic acids is 1. The second kappa shape index (κ2) is 9.38. The van der Waals surface area contributed by atoms with Gasteiger partial charge in [0.15, 0.2) is 5.50 Å². The number of hydrogen-bond acceptors (Lipinski definition) is 4. The number of benzene rings is 4. The summed E-state index contributed by atoms with van der Waals surface area (Å²) in [5.74, 6) is 0.121. The number of amides is 1. The van der Waals surface area contributed by atoms with Gasteiger partial charge in [0.1, 0.15) is 18.2 Å². The Morgan fingerprint density at radius 2 is 1.70 bits per heavy atom. The summed E-state index contributed by atoms with van der Waals surface area (Å²) in [5, 5.41) is 7.95. The number of halogens is 1. The third-order valence-electron chi connectivity index (χ3n) is 5.33. The molecular formula is C27H21FN2O2S. The number of carbonyl (C=O) groups is 1. The Morgan fingerprint density at radius 1 is 0.939 bits per heavy atom. The maximum atomic E-state index is 14.0. The number of para-hydroxylation sites is 1. The molecule has 164 valence electrons. The zero-order chi connectivity index (χ0) is 22.6. The van der Waals surface area contributed by atoms with E-state index in [1.807, 2.05) is 72.8 Å². The van der Waals surface area contributed by atoms with E-state index in [0.717, 1.165) is 21.9 Å². The highest BCUT2D eigenvalue weighted by molar-refractivity contribution is 8.05. The van der Waals surface area contributed by atoms with Crippen LogP contribution in [0.3, 0.4) is 0 Å². The minimum absolute atomic E-state index is 0.212. The van der Waals surface area contributed by atoms with Crippen molar-refractivity contribution in [3.8, 4) is 5.75 Å². The van der Waals surface area contributed by atoms with Crippen LogP contribution in [-0.4, -0.2) is 11.4 Å². The van der Waals surface area contributed by atoms with E-state index < -0.39 is 5.50 Å². The van der Waals surface area contributed by atoms with E-state index in [-0.39, 0.29) is 11.7 Å². The van der Waals surface area contributed by atoms with Gasteiger partial charge in [-0.25, -0.2) is 4.39 Å². The normalized spacial score (nSPS) is 16.7. The van der Waals surface area contributed by atoms with Gasteiger partial charge in [0.2, 0.25) is 0 Å². The van der Waals surface area contributed by atoms with Gasteiger partial charge in [0.25, 0.3) is 5.91 Å². The molecule has 1 unspecified atom stereocenters. The van der Waals surface area contributed by atoms with Gasteiger partial charge in [-0.1, -0.05) is 84.6 Å². The highest BCUT2D eigenvalue weighted by atomic mass is 32.2.